The number of anilines is 1. The number of hydrogen-bond acceptors (Lipinski definition) is 2. The van der Waals surface area contributed by atoms with Gasteiger partial charge in [-0.3, -0.25) is 4.79 Å². The molecular formula is C16H14Br2N2O. The number of halogens is 2. The summed E-state index contributed by atoms with van der Waals surface area (Å²) in [6.07, 6.45) is 4.54. The molecule has 1 fully saturated rings. The Morgan fingerprint density at radius 3 is 2.24 bits per heavy atom. The van der Waals surface area contributed by atoms with Gasteiger partial charge in [-0.25, -0.2) is 4.98 Å². The third-order valence-electron chi connectivity index (χ3n) is 4.01. The number of rotatable bonds is 3. The molecule has 0 unspecified atom stereocenters. The summed E-state index contributed by atoms with van der Waals surface area (Å²) < 4.78 is 1.92. The molecule has 0 aliphatic heterocycles. The third-order valence-corrected chi connectivity index (χ3v) is 5.01. The topological polar surface area (TPSA) is 42.0 Å². The summed E-state index contributed by atoms with van der Waals surface area (Å²) in [5, 5.41) is 2.94. The SMILES string of the molecule is O=C(Nc1ccc(Br)cn1)C1(c2ccc(Br)cc2)CCC1. The van der Waals surface area contributed by atoms with E-state index in [9.17, 15) is 4.79 Å². The molecule has 0 saturated heterocycles. The van der Waals surface area contributed by atoms with Crippen LogP contribution in [0.1, 0.15) is 24.8 Å². The van der Waals surface area contributed by atoms with Crippen molar-refractivity contribution in [2.75, 3.05) is 5.32 Å². The molecule has 21 heavy (non-hydrogen) atoms. The maximum absolute atomic E-state index is 12.7. The molecular weight excluding hydrogens is 396 g/mol. The number of nitrogens with one attached hydrogen (secondary N) is 1. The Hall–Kier alpha value is -1.20. The van der Waals surface area contributed by atoms with Crippen LogP contribution in [0.5, 0.6) is 0 Å². The van der Waals surface area contributed by atoms with Gasteiger partial charge in [0.15, 0.2) is 0 Å². The van der Waals surface area contributed by atoms with E-state index in [1.54, 1.807) is 12.3 Å². The maximum Gasteiger partial charge on any atom is 0.236 e. The Labute approximate surface area is 140 Å². The van der Waals surface area contributed by atoms with Crippen LogP contribution in [0.2, 0.25) is 0 Å². The molecule has 1 aromatic carbocycles. The fourth-order valence-electron chi connectivity index (χ4n) is 2.63. The Morgan fingerprint density at radius 1 is 1.05 bits per heavy atom. The van der Waals surface area contributed by atoms with Gasteiger partial charge in [-0.05, 0) is 58.6 Å². The molecule has 1 N–H and O–H groups in total. The molecule has 3 nitrogen and oxygen atoms in total. The monoisotopic (exact) mass is 408 g/mol. The van der Waals surface area contributed by atoms with Crippen LogP contribution in [0.3, 0.4) is 0 Å². The Morgan fingerprint density at radius 2 is 1.71 bits per heavy atom. The highest BCUT2D eigenvalue weighted by molar-refractivity contribution is 9.10. The first-order valence-corrected chi connectivity index (χ1v) is 8.38. The standard InChI is InChI=1S/C16H14Br2N2O/c17-12-4-2-11(3-5-12)16(8-1-9-16)15(21)20-14-7-6-13(18)10-19-14/h2-7,10H,1,8-9H2,(H,19,20,21). The third kappa shape index (κ3) is 2.90. The number of nitrogens with zero attached hydrogens (tertiary/aromatic N) is 1. The highest BCUT2D eigenvalue weighted by atomic mass is 79.9. The van der Waals surface area contributed by atoms with E-state index in [0.717, 1.165) is 33.8 Å². The Bertz CT molecular complexity index is 649. The average Bonchev–Trinajstić information content (AvgIpc) is 2.42. The predicted molar refractivity (Wildman–Crippen MR) is 90.2 cm³/mol. The Balaban J connectivity index is 1.83. The van der Waals surface area contributed by atoms with Crippen LogP contribution in [0.25, 0.3) is 0 Å². The van der Waals surface area contributed by atoms with Gasteiger partial charge in [-0.1, -0.05) is 34.5 Å². The maximum atomic E-state index is 12.7. The lowest BCUT2D eigenvalue weighted by molar-refractivity contribution is -0.124. The van der Waals surface area contributed by atoms with Crippen molar-refractivity contribution < 1.29 is 4.79 Å². The van der Waals surface area contributed by atoms with Gasteiger partial charge >= 0.3 is 0 Å². The number of benzene rings is 1. The molecule has 0 spiro atoms. The lowest BCUT2D eigenvalue weighted by Crippen LogP contribution is -2.46. The van der Waals surface area contributed by atoms with Crippen molar-refractivity contribution in [1.29, 1.82) is 0 Å². The van der Waals surface area contributed by atoms with E-state index in [1.165, 1.54) is 0 Å². The van der Waals surface area contributed by atoms with Crippen molar-refractivity contribution in [2.24, 2.45) is 0 Å². The number of amides is 1. The minimum Gasteiger partial charge on any atom is -0.310 e. The lowest BCUT2D eigenvalue weighted by atomic mass is 9.64. The first-order chi connectivity index (χ1) is 10.1. The molecule has 3 rings (SSSR count). The van der Waals surface area contributed by atoms with E-state index in [-0.39, 0.29) is 5.91 Å². The van der Waals surface area contributed by atoms with Gasteiger partial charge in [0.05, 0.1) is 5.41 Å². The van der Waals surface area contributed by atoms with E-state index in [1.807, 2.05) is 30.3 Å². The Kier molecular flexibility index (Phi) is 4.13. The van der Waals surface area contributed by atoms with Crippen LogP contribution in [0.4, 0.5) is 5.82 Å². The van der Waals surface area contributed by atoms with Crippen LogP contribution in [-0.4, -0.2) is 10.9 Å². The number of carbonyl (C=O) groups excluding carboxylic acids is 1. The van der Waals surface area contributed by atoms with E-state index >= 15 is 0 Å². The molecule has 5 heteroatoms. The zero-order valence-corrected chi connectivity index (χ0v) is 14.4. The van der Waals surface area contributed by atoms with E-state index in [2.05, 4.69) is 42.2 Å². The second kappa shape index (κ2) is 5.89. The van der Waals surface area contributed by atoms with Crippen LogP contribution in [0.15, 0.2) is 51.5 Å². The van der Waals surface area contributed by atoms with E-state index in [4.69, 9.17) is 0 Å². The zero-order chi connectivity index (χ0) is 14.9. The van der Waals surface area contributed by atoms with Crippen LogP contribution < -0.4 is 5.32 Å². The van der Waals surface area contributed by atoms with Crippen molar-refractivity contribution in [3.8, 4) is 0 Å². The van der Waals surface area contributed by atoms with E-state index < -0.39 is 5.41 Å². The van der Waals surface area contributed by atoms with Crippen molar-refractivity contribution in [2.45, 2.75) is 24.7 Å². The first kappa shape index (κ1) is 14.7. The molecule has 1 heterocycles. The number of hydrogen-bond donors (Lipinski definition) is 1. The largest absolute Gasteiger partial charge is 0.310 e. The van der Waals surface area contributed by atoms with Crippen LogP contribution in [0, 0.1) is 0 Å². The minimum absolute atomic E-state index is 0.0332. The fourth-order valence-corrected chi connectivity index (χ4v) is 3.13. The number of carbonyl (C=O) groups is 1. The summed E-state index contributed by atoms with van der Waals surface area (Å²) >= 11 is 6.77. The first-order valence-electron chi connectivity index (χ1n) is 6.79. The summed E-state index contributed by atoms with van der Waals surface area (Å²) in [5.41, 5.74) is 0.668. The van der Waals surface area contributed by atoms with E-state index in [0.29, 0.717) is 5.82 Å². The summed E-state index contributed by atoms with van der Waals surface area (Å²) in [4.78, 5) is 16.9. The molecule has 0 radical (unpaired) electrons. The summed E-state index contributed by atoms with van der Waals surface area (Å²) in [7, 11) is 0. The van der Waals surface area contributed by atoms with Gasteiger partial charge in [0, 0.05) is 15.1 Å². The molecule has 1 aromatic heterocycles. The average molecular weight is 410 g/mol. The lowest BCUT2D eigenvalue weighted by Gasteiger charge is -2.40. The molecule has 2 aromatic rings. The van der Waals surface area contributed by atoms with Gasteiger partial charge in [0.25, 0.3) is 0 Å². The van der Waals surface area contributed by atoms with Crippen molar-refractivity contribution >= 4 is 43.6 Å². The summed E-state index contributed by atoms with van der Waals surface area (Å²) in [5.74, 6) is 0.623. The molecule has 1 aliphatic rings. The molecule has 1 amide bonds. The molecule has 0 atom stereocenters. The normalized spacial score (nSPS) is 16.1. The van der Waals surface area contributed by atoms with Crippen molar-refractivity contribution in [1.82, 2.24) is 4.98 Å². The smallest absolute Gasteiger partial charge is 0.236 e. The summed E-state index contributed by atoms with van der Waals surface area (Å²) in [6, 6.07) is 11.7. The molecule has 1 saturated carbocycles. The number of pyridine rings is 1. The van der Waals surface area contributed by atoms with Gasteiger partial charge in [0.1, 0.15) is 5.82 Å². The molecule has 1 aliphatic carbocycles. The van der Waals surface area contributed by atoms with Gasteiger partial charge in [-0.15, -0.1) is 0 Å². The summed E-state index contributed by atoms with van der Waals surface area (Å²) in [6.45, 7) is 0. The fraction of sp³-hybridized carbons (Fsp3) is 0.250. The quantitative estimate of drug-likeness (QED) is 0.800. The molecule has 0 bridgehead atoms. The van der Waals surface area contributed by atoms with Gasteiger partial charge in [-0.2, -0.15) is 0 Å². The van der Waals surface area contributed by atoms with Gasteiger partial charge < -0.3 is 5.32 Å². The highest BCUT2D eigenvalue weighted by Gasteiger charge is 2.45. The predicted octanol–water partition coefficient (Wildman–Crippen LogP) is 4.67. The van der Waals surface area contributed by atoms with Crippen molar-refractivity contribution in [3.05, 3.63) is 57.1 Å². The van der Waals surface area contributed by atoms with Gasteiger partial charge in [0.2, 0.25) is 5.91 Å². The van der Waals surface area contributed by atoms with Crippen molar-refractivity contribution in [3.63, 3.8) is 0 Å². The second-order valence-corrected chi connectivity index (χ2v) is 7.09. The number of aromatic nitrogens is 1. The zero-order valence-electron chi connectivity index (χ0n) is 11.3. The molecule has 108 valence electrons. The highest BCUT2D eigenvalue weighted by Crippen LogP contribution is 2.44. The minimum atomic E-state index is -0.407. The second-order valence-electron chi connectivity index (χ2n) is 5.26. The van der Waals surface area contributed by atoms with Crippen LogP contribution in [-0.2, 0) is 10.2 Å². The van der Waals surface area contributed by atoms with Crippen LogP contribution >= 0.6 is 31.9 Å².